The SMILES string of the molecule is Cc1nc2c(c(N)nn2C(C)c2ccc(C(F)(F)F)cc2)c(=O)[nH]1. The summed E-state index contributed by atoms with van der Waals surface area (Å²) in [7, 11) is 0. The smallest absolute Gasteiger partial charge is 0.381 e. The zero-order valence-electron chi connectivity index (χ0n) is 12.8. The van der Waals surface area contributed by atoms with E-state index >= 15 is 0 Å². The Bertz CT molecular complexity index is 956. The molecule has 0 spiro atoms. The molecule has 0 radical (unpaired) electrons. The third-order valence-corrected chi connectivity index (χ3v) is 3.79. The summed E-state index contributed by atoms with van der Waals surface area (Å²) >= 11 is 0. The predicted molar refractivity (Wildman–Crippen MR) is 82.6 cm³/mol. The first-order valence-electron chi connectivity index (χ1n) is 7.10. The van der Waals surface area contributed by atoms with Crippen molar-refractivity contribution in [3.05, 3.63) is 51.6 Å². The average molecular weight is 337 g/mol. The Morgan fingerprint density at radius 3 is 2.46 bits per heavy atom. The standard InChI is InChI=1S/C15H14F3N5O/c1-7(9-3-5-10(6-4-9)15(16,17)18)23-13-11(12(19)22-23)14(24)21-8(2)20-13/h3-7H,1-2H3,(H2,19,22)(H,20,21,24). The van der Waals surface area contributed by atoms with Crippen molar-refractivity contribution < 1.29 is 13.2 Å². The Balaban J connectivity index is 2.09. The number of nitrogen functional groups attached to an aromatic ring is 1. The maximum absolute atomic E-state index is 12.7. The van der Waals surface area contributed by atoms with E-state index in [-0.39, 0.29) is 11.2 Å². The molecule has 3 aromatic rings. The number of aromatic amines is 1. The van der Waals surface area contributed by atoms with Crippen molar-refractivity contribution in [2.24, 2.45) is 0 Å². The number of anilines is 1. The number of nitrogens with zero attached hydrogens (tertiary/aromatic N) is 3. The van der Waals surface area contributed by atoms with E-state index in [0.717, 1.165) is 12.1 Å². The van der Waals surface area contributed by atoms with E-state index in [2.05, 4.69) is 15.1 Å². The summed E-state index contributed by atoms with van der Waals surface area (Å²) in [5.41, 5.74) is 5.54. The number of rotatable bonds is 2. The van der Waals surface area contributed by atoms with Gasteiger partial charge in [0.05, 0.1) is 11.6 Å². The van der Waals surface area contributed by atoms with Crippen LogP contribution < -0.4 is 11.3 Å². The number of hydrogen-bond acceptors (Lipinski definition) is 4. The molecular formula is C15H14F3N5O. The molecule has 2 aromatic heterocycles. The lowest BCUT2D eigenvalue weighted by Gasteiger charge is -2.14. The summed E-state index contributed by atoms with van der Waals surface area (Å²) in [6, 6.07) is 4.31. The lowest BCUT2D eigenvalue weighted by atomic mass is 10.1. The van der Waals surface area contributed by atoms with Gasteiger partial charge in [-0.05, 0) is 31.5 Å². The average Bonchev–Trinajstić information content (AvgIpc) is 2.82. The third-order valence-electron chi connectivity index (χ3n) is 3.79. The van der Waals surface area contributed by atoms with Crippen LogP contribution in [0.15, 0.2) is 29.1 Å². The van der Waals surface area contributed by atoms with Crippen LogP contribution >= 0.6 is 0 Å². The van der Waals surface area contributed by atoms with Gasteiger partial charge in [0.2, 0.25) is 0 Å². The van der Waals surface area contributed by atoms with E-state index in [1.807, 2.05) is 0 Å². The maximum Gasteiger partial charge on any atom is 0.416 e. The molecule has 0 saturated heterocycles. The molecule has 0 amide bonds. The van der Waals surface area contributed by atoms with E-state index in [9.17, 15) is 18.0 Å². The molecule has 2 heterocycles. The van der Waals surface area contributed by atoms with Gasteiger partial charge in [0.25, 0.3) is 5.56 Å². The van der Waals surface area contributed by atoms with Crippen LogP contribution in [0.2, 0.25) is 0 Å². The monoisotopic (exact) mass is 337 g/mol. The first kappa shape index (κ1) is 16.0. The largest absolute Gasteiger partial charge is 0.416 e. The highest BCUT2D eigenvalue weighted by atomic mass is 19.4. The quantitative estimate of drug-likeness (QED) is 0.752. The van der Waals surface area contributed by atoms with Crippen molar-refractivity contribution in [3.8, 4) is 0 Å². The fourth-order valence-corrected chi connectivity index (χ4v) is 2.54. The molecule has 24 heavy (non-hydrogen) atoms. The highest BCUT2D eigenvalue weighted by Crippen LogP contribution is 2.31. The third kappa shape index (κ3) is 2.61. The van der Waals surface area contributed by atoms with Crippen molar-refractivity contribution >= 4 is 16.9 Å². The van der Waals surface area contributed by atoms with Gasteiger partial charge >= 0.3 is 6.18 Å². The normalized spacial score (nSPS) is 13.4. The number of alkyl halides is 3. The summed E-state index contributed by atoms with van der Waals surface area (Å²) in [5, 5.41) is 4.29. The summed E-state index contributed by atoms with van der Waals surface area (Å²) in [4.78, 5) is 18.8. The molecule has 0 bridgehead atoms. The number of H-pyrrole nitrogens is 1. The summed E-state index contributed by atoms with van der Waals surface area (Å²) in [6.45, 7) is 3.36. The zero-order chi connectivity index (χ0) is 17.6. The van der Waals surface area contributed by atoms with E-state index in [0.29, 0.717) is 17.0 Å². The van der Waals surface area contributed by atoms with Gasteiger partial charge in [0.15, 0.2) is 11.5 Å². The Morgan fingerprint density at radius 2 is 1.88 bits per heavy atom. The van der Waals surface area contributed by atoms with Crippen LogP contribution in [-0.4, -0.2) is 19.7 Å². The Kier molecular flexibility index (Phi) is 3.58. The molecule has 0 aliphatic rings. The van der Waals surface area contributed by atoms with Crippen LogP contribution in [0.25, 0.3) is 11.0 Å². The van der Waals surface area contributed by atoms with E-state index in [4.69, 9.17) is 5.73 Å². The van der Waals surface area contributed by atoms with Gasteiger partial charge in [-0.2, -0.15) is 18.3 Å². The minimum atomic E-state index is -4.39. The summed E-state index contributed by atoms with van der Waals surface area (Å²) in [6.07, 6.45) is -4.39. The number of aromatic nitrogens is 4. The second-order valence-electron chi connectivity index (χ2n) is 5.48. The van der Waals surface area contributed by atoms with Crippen LogP contribution in [0.4, 0.5) is 19.0 Å². The van der Waals surface area contributed by atoms with Gasteiger partial charge in [-0.1, -0.05) is 12.1 Å². The molecule has 0 aliphatic heterocycles. The fourth-order valence-electron chi connectivity index (χ4n) is 2.54. The topological polar surface area (TPSA) is 89.6 Å². The molecule has 126 valence electrons. The number of nitrogens with two attached hydrogens (primary N) is 1. The van der Waals surface area contributed by atoms with Gasteiger partial charge in [-0.15, -0.1) is 0 Å². The number of aryl methyl sites for hydroxylation is 1. The molecule has 6 nitrogen and oxygen atoms in total. The van der Waals surface area contributed by atoms with Crippen molar-refractivity contribution in [1.82, 2.24) is 19.7 Å². The minimum absolute atomic E-state index is 0.0255. The van der Waals surface area contributed by atoms with Crippen molar-refractivity contribution in [2.45, 2.75) is 26.1 Å². The number of benzene rings is 1. The van der Waals surface area contributed by atoms with Crippen molar-refractivity contribution in [2.75, 3.05) is 5.73 Å². The zero-order valence-corrected chi connectivity index (χ0v) is 12.8. The Labute approximate surface area is 134 Å². The molecule has 3 N–H and O–H groups in total. The van der Waals surface area contributed by atoms with Crippen LogP contribution in [0.3, 0.4) is 0 Å². The van der Waals surface area contributed by atoms with Gasteiger partial charge in [-0.3, -0.25) is 4.79 Å². The second-order valence-corrected chi connectivity index (χ2v) is 5.48. The van der Waals surface area contributed by atoms with Crippen LogP contribution in [0.5, 0.6) is 0 Å². The predicted octanol–water partition coefficient (Wildman–Crippen LogP) is 2.64. The van der Waals surface area contributed by atoms with Gasteiger partial charge in [-0.25, -0.2) is 9.67 Å². The van der Waals surface area contributed by atoms with Crippen LogP contribution in [-0.2, 0) is 6.18 Å². The summed E-state index contributed by atoms with van der Waals surface area (Å²) < 4.78 is 39.4. The fraction of sp³-hybridized carbons (Fsp3) is 0.267. The maximum atomic E-state index is 12.7. The van der Waals surface area contributed by atoms with Crippen molar-refractivity contribution in [3.63, 3.8) is 0 Å². The lowest BCUT2D eigenvalue weighted by Crippen LogP contribution is -2.13. The van der Waals surface area contributed by atoms with E-state index in [1.54, 1.807) is 13.8 Å². The summed E-state index contributed by atoms with van der Waals surface area (Å²) in [5.74, 6) is 0.422. The van der Waals surface area contributed by atoms with Gasteiger partial charge in [0, 0.05) is 0 Å². The van der Waals surface area contributed by atoms with Crippen LogP contribution in [0.1, 0.15) is 29.9 Å². The van der Waals surface area contributed by atoms with Crippen molar-refractivity contribution in [1.29, 1.82) is 0 Å². The molecule has 0 fully saturated rings. The molecule has 0 aliphatic carbocycles. The van der Waals surface area contributed by atoms with E-state index < -0.39 is 23.3 Å². The lowest BCUT2D eigenvalue weighted by molar-refractivity contribution is -0.137. The molecule has 1 unspecified atom stereocenters. The van der Waals surface area contributed by atoms with E-state index in [1.165, 1.54) is 16.8 Å². The second kappa shape index (κ2) is 5.36. The number of nitrogens with one attached hydrogen (secondary N) is 1. The molecular weight excluding hydrogens is 323 g/mol. The number of hydrogen-bond donors (Lipinski definition) is 2. The first-order valence-corrected chi connectivity index (χ1v) is 7.10. The Morgan fingerprint density at radius 1 is 1.25 bits per heavy atom. The van der Waals surface area contributed by atoms with Crippen LogP contribution in [0, 0.1) is 6.92 Å². The number of fused-ring (bicyclic) bond motifs is 1. The molecule has 1 atom stereocenters. The minimum Gasteiger partial charge on any atom is -0.381 e. The molecule has 0 saturated carbocycles. The Hall–Kier alpha value is -2.84. The number of halogens is 3. The van der Waals surface area contributed by atoms with Gasteiger partial charge < -0.3 is 10.7 Å². The first-order chi connectivity index (χ1) is 11.2. The molecule has 1 aromatic carbocycles. The molecule has 9 heteroatoms. The van der Waals surface area contributed by atoms with Gasteiger partial charge in [0.1, 0.15) is 11.2 Å². The molecule has 3 rings (SSSR count). The highest BCUT2D eigenvalue weighted by molar-refractivity contribution is 5.85. The highest BCUT2D eigenvalue weighted by Gasteiger charge is 2.30.